The van der Waals surface area contributed by atoms with Crippen molar-refractivity contribution in [1.29, 1.82) is 0 Å². The average molecular weight is 140 g/mol. The first-order valence-electron chi connectivity index (χ1n) is 3.47. The monoisotopic (exact) mass is 140 g/mol. The minimum Gasteiger partial charge on any atom is -0.138 e. The molecule has 0 bridgehead atoms. The highest BCUT2D eigenvalue weighted by molar-refractivity contribution is 4.80. The SMILES string of the molecule is CCC(C)(C)C1N=NN=N1. The molecule has 0 aliphatic carbocycles. The van der Waals surface area contributed by atoms with Crippen molar-refractivity contribution < 1.29 is 0 Å². The van der Waals surface area contributed by atoms with Gasteiger partial charge in [-0.1, -0.05) is 20.8 Å². The lowest BCUT2D eigenvalue weighted by Gasteiger charge is -2.22. The predicted molar refractivity (Wildman–Crippen MR) is 37.6 cm³/mol. The Kier molecular flexibility index (Phi) is 1.78. The van der Waals surface area contributed by atoms with Gasteiger partial charge in [-0.2, -0.15) is 0 Å². The van der Waals surface area contributed by atoms with E-state index in [9.17, 15) is 0 Å². The molecule has 1 aliphatic rings. The lowest BCUT2D eigenvalue weighted by Crippen LogP contribution is -2.23. The summed E-state index contributed by atoms with van der Waals surface area (Å²) in [4.78, 5) is 0. The molecule has 0 spiro atoms. The Bertz CT molecular complexity index is 159. The molecule has 0 N–H and O–H groups in total. The van der Waals surface area contributed by atoms with Crippen LogP contribution >= 0.6 is 0 Å². The molecule has 0 aromatic carbocycles. The summed E-state index contributed by atoms with van der Waals surface area (Å²) in [6.45, 7) is 6.34. The van der Waals surface area contributed by atoms with Gasteiger partial charge in [-0.05, 0) is 16.9 Å². The van der Waals surface area contributed by atoms with Gasteiger partial charge in [0.05, 0.1) is 0 Å². The molecule has 4 nitrogen and oxygen atoms in total. The Morgan fingerprint density at radius 3 is 2.10 bits per heavy atom. The fourth-order valence-electron chi connectivity index (χ4n) is 0.662. The third-order valence-electron chi connectivity index (χ3n) is 1.97. The maximum Gasteiger partial charge on any atom is 0.190 e. The molecule has 10 heavy (non-hydrogen) atoms. The van der Waals surface area contributed by atoms with Gasteiger partial charge < -0.3 is 0 Å². The lowest BCUT2D eigenvalue weighted by molar-refractivity contribution is 0.280. The van der Waals surface area contributed by atoms with Gasteiger partial charge in [0.25, 0.3) is 0 Å². The van der Waals surface area contributed by atoms with Crippen LogP contribution in [0, 0.1) is 5.41 Å². The second-order valence-corrected chi connectivity index (χ2v) is 3.13. The second kappa shape index (κ2) is 2.44. The molecule has 0 aromatic heterocycles. The van der Waals surface area contributed by atoms with Crippen LogP contribution in [0.3, 0.4) is 0 Å². The van der Waals surface area contributed by atoms with E-state index >= 15 is 0 Å². The van der Waals surface area contributed by atoms with E-state index in [4.69, 9.17) is 0 Å². The summed E-state index contributed by atoms with van der Waals surface area (Å²) in [7, 11) is 0. The van der Waals surface area contributed by atoms with Gasteiger partial charge in [0.1, 0.15) is 0 Å². The molecule has 1 aliphatic heterocycles. The molecular formula is C6H12N4. The van der Waals surface area contributed by atoms with Crippen LogP contribution < -0.4 is 0 Å². The van der Waals surface area contributed by atoms with E-state index in [0.29, 0.717) is 0 Å². The fraction of sp³-hybridized carbons (Fsp3) is 1.00. The first-order valence-corrected chi connectivity index (χ1v) is 3.47. The summed E-state index contributed by atoms with van der Waals surface area (Å²) in [6, 6.07) is 0. The zero-order valence-corrected chi connectivity index (χ0v) is 6.57. The predicted octanol–water partition coefficient (Wildman–Crippen LogP) is 2.58. The molecule has 1 heterocycles. The van der Waals surface area contributed by atoms with Gasteiger partial charge in [0.15, 0.2) is 6.17 Å². The van der Waals surface area contributed by atoms with Crippen molar-refractivity contribution >= 4 is 0 Å². The van der Waals surface area contributed by atoms with Crippen molar-refractivity contribution in [1.82, 2.24) is 0 Å². The second-order valence-electron chi connectivity index (χ2n) is 3.13. The molecule has 4 heteroatoms. The molecule has 0 unspecified atom stereocenters. The highest BCUT2D eigenvalue weighted by Gasteiger charge is 2.29. The Morgan fingerprint density at radius 2 is 1.70 bits per heavy atom. The topological polar surface area (TPSA) is 49.4 Å². The van der Waals surface area contributed by atoms with Crippen LogP contribution in [0.2, 0.25) is 0 Å². The summed E-state index contributed by atoms with van der Waals surface area (Å²) in [5, 5.41) is 14.7. The number of rotatable bonds is 2. The zero-order chi connectivity index (χ0) is 7.61. The fourth-order valence-corrected chi connectivity index (χ4v) is 0.662. The molecule has 0 radical (unpaired) electrons. The van der Waals surface area contributed by atoms with Crippen LogP contribution in [0.5, 0.6) is 0 Å². The molecule has 1 rings (SSSR count). The van der Waals surface area contributed by atoms with Crippen molar-refractivity contribution in [3.63, 3.8) is 0 Å². The van der Waals surface area contributed by atoms with E-state index in [-0.39, 0.29) is 11.6 Å². The van der Waals surface area contributed by atoms with E-state index in [0.717, 1.165) is 6.42 Å². The van der Waals surface area contributed by atoms with Gasteiger partial charge in [0, 0.05) is 5.41 Å². The van der Waals surface area contributed by atoms with E-state index in [1.807, 2.05) is 0 Å². The van der Waals surface area contributed by atoms with Crippen LogP contribution in [-0.4, -0.2) is 6.17 Å². The normalized spacial score (nSPS) is 18.7. The molecule has 0 saturated carbocycles. The van der Waals surface area contributed by atoms with E-state index in [1.54, 1.807) is 0 Å². The molecule has 56 valence electrons. The van der Waals surface area contributed by atoms with Gasteiger partial charge >= 0.3 is 0 Å². The van der Waals surface area contributed by atoms with Crippen LogP contribution in [-0.2, 0) is 0 Å². The Hall–Kier alpha value is -0.800. The van der Waals surface area contributed by atoms with Crippen molar-refractivity contribution in [2.45, 2.75) is 33.4 Å². The number of hydrogen-bond donors (Lipinski definition) is 0. The van der Waals surface area contributed by atoms with Gasteiger partial charge in [0.2, 0.25) is 0 Å². The van der Waals surface area contributed by atoms with Crippen LogP contribution in [0.15, 0.2) is 20.7 Å². The van der Waals surface area contributed by atoms with E-state index in [1.165, 1.54) is 0 Å². The van der Waals surface area contributed by atoms with E-state index < -0.39 is 0 Å². The van der Waals surface area contributed by atoms with Crippen molar-refractivity contribution in [2.75, 3.05) is 0 Å². The highest BCUT2D eigenvalue weighted by Crippen LogP contribution is 2.30. The van der Waals surface area contributed by atoms with Gasteiger partial charge in [-0.25, -0.2) is 0 Å². The summed E-state index contributed by atoms with van der Waals surface area (Å²) in [5.41, 5.74) is 0.101. The first kappa shape index (κ1) is 7.31. The maximum atomic E-state index is 3.87. The molecule has 0 atom stereocenters. The number of hydrogen-bond acceptors (Lipinski definition) is 4. The zero-order valence-electron chi connectivity index (χ0n) is 6.57. The number of nitrogens with zero attached hydrogens (tertiary/aromatic N) is 4. The summed E-state index contributed by atoms with van der Waals surface area (Å²) >= 11 is 0. The Labute approximate surface area is 60.4 Å². The third-order valence-corrected chi connectivity index (χ3v) is 1.97. The highest BCUT2D eigenvalue weighted by atomic mass is 15.6. The van der Waals surface area contributed by atoms with Crippen molar-refractivity contribution in [3.8, 4) is 0 Å². The van der Waals surface area contributed by atoms with Gasteiger partial charge in [-0.3, -0.25) is 0 Å². The lowest BCUT2D eigenvalue weighted by atomic mass is 9.87. The molecule has 0 fully saturated rings. The average Bonchev–Trinajstić information content (AvgIpc) is 2.38. The summed E-state index contributed by atoms with van der Waals surface area (Å²) in [6.07, 6.45) is 0.980. The molecular weight excluding hydrogens is 128 g/mol. The minimum absolute atomic E-state index is 0.0579. The van der Waals surface area contributed by atoms with Gasteiger partial charge in [-0.15, -0.1) is 10.2 Å². The van der Waals surface area contributed by atoms with Crippen LogP contribution in [0.1, 0.15) is 27.2 Å². The Balaban J connectivity index is 2.64. The standard InChI is InChI=1S/C6H12N4/c1-4-6(2,3)5-7-9-10-8-5/h5H,4H2,1-3H3. The molecule has 0 aromatic rings. The summed E-state index contributed by atoms with van der Waals surface area (Å²) < 4.78 is 0. The van der Waals surface area contributed by atoms with E-state index in [2.05, 4.69) is 41.4 Å². The molecule has 0 saturated heterocycles. The Morgan fingerprint density at radius 1 is 1.20 bits per heavy atom. The largest absolute Gasteiger partial charge is 0.190 e. The van der Waals surface area contributed by atoms with Crippen molar-refractivity contribution in [2.24, 2.45) is 26.1 Å². The van der Waals surface area contributed by atoms with Crippen LogP contribution in [0.4, 0.5) is 0 Å². The summed E-state index contributed by atoms with van der Waals surface area (Å²) in [5.74, 6) is 0. The first-order chi connectivity index (χ1) is 4.67. The van der Waals surface area contributed by atoms with Crippen molar-refractivity contribution in [3.05, 3.63) is 0 Å². The van der Waals surface area contributed by atoms with Crippen LogP contribution in [0.25, 0.3) is 0 Å². The molecule has 0 amide bonds. The smallest absolute Gasteiger partial charge is 0.138 e. The quantitative estimate of drug-likeness (QED) is 0.566. The minimum atomic E-state index is -0.0579. The maximum absolute atomic E-state index is 3.87. The third kappa shape index (κ3) is 1.20.